The van der Waals surface area contributed by atoms with E-state index >= 15 is 0 Å². The van der Waals surface area contributed by atoms with E-state index in [-0.39, 0.29) is 23.9 Å². The number of hydrogen-bond donors (Lipinski definition) is 3. The van der Waals surface area contributed by atoms with Crippen LogP contribution in [0.3, 0.4) is 0 Å². The summed E-state index contributed by atoms with van der Waals surface area (Å²) in [5.41, 5.74) is 1.22. The fourth-order valence-corrected chi connectivity index (χ4v) is 4.47. The molecule has 0 aromatic heterocycles. The van der Waals surface area contributed by atoms with E-state index in [1.807, 2.05) is 38.1 Å². The lowest BCUT2D eigenvalue weighted by atomic mass is 9.85. The monoisotopic (exact) mass is 432 g/mol. The molecule has 5 atom stereocenters. The van der Waals surface area contributed by atoms with Crippen LogP contribution in [0.1, 0.15) is 70.8 Å². The van der Waals surface area contributed by atoms with Crippen LogP contribution in [0, 0.1) is 11.8 Å². The van der Waals surface area contributed by atoms with Crippen molar-refractivity contribution in [2.75, 3.05) is 0 Å². The van der Waals surface area contributed by atoms with E-state index in [1.165, 1.54) is 5.56 Å². The van der Waals surface area contributed by atoms with Crippen LogP contribution in [0.4, 0.5) is 0 Å². The molecule has 1 unspecified atom stereocenters. The minimum Gasteiger partial charge on any atom is -0.463 e. The molecular weight excluding hydrogens is 392 g/mol. The molecule has 0 heterocycles. The van der Waals surface area contributed by atoms with Gasteiger partial charge in [0.1, 0.15) is 0 Å². The Bertz CT molecular complexity index is 657. The summed E-state index contributed by atoms with van der Waals surface area (Å²) in [5, 5.41) is 31.2. The number of carbonyl (C=O) groups excluding carboxylic acids is 1. The van der Waals surface area contributed by atoms with Crippen LogP contribution in [-0.4, -0.2) is 45.7 Å². The molecule has 1 aromatic carbocycles. The van der Waals surface area contributed by atoms with Gasteiger partial charge in [-0.05, 0) is 82.6 Å². The molecule has 5 heteroatoms. The highest BCUT2D eigenvalue weighted by molar-refractivity contribution is 5.69. The number of benzene rings is 1. The molecule has 0 spiro atoms. The first-order valence-electron chi connectivity index (χ1n) is 11.8. The van der Waals surface area contributed by atoms with E-state index in [0.717, 1.165) is 19.3 Å². The Kier molecular flexibility index (Phi) is 11.3. The lowest BCUT2D eigenvalue weighted by Gasteiger charge is -2.23. The maximum atomic E-state index is 11.5. The molecule has 0 saturated heterocycles. The highest BCUT2D eigenvalue weighted by Gasteiger charge is 2.40. The summed E-state index contributed by atoms with van der Waals surface area (Å²) < 4.78 is 5.12. The number of hydrogen-bond acceptors (Lipinski definition) is 5. The summed E-state index contributed by atoms with van der Waals surface area (Å²) >= 11 is 0. The van der Waals surface area contributed by atoms with Crippen molar-refractivity contribution in [3.8, 4) is 0 Å². The smallest absolute Gasteiger partial charge is 0.306 e. The lowest BCUT2D eigenvalue weighted by molar-refractivity contribution is -0.147. The number of ether oxygens (including phenoxy) is 1. The van der Waals surface area contributed by atoms with Crippen molar-refractivity contribution >= 4 is 5.97 Å². The number of carbonyl (C=O) groups is 1. The Morgan fingerprint density at radius 1 is 1.10 bits per heavy atom. The molecule has 1 aliphatic rings. The highest BCUT2D eigenvalue weighted by atomic mass is 16.5. The van der Waals surface area contributed by atoms with Crippen molar-refractivity contribution in [2.45, 2.75) is 96.1 Å². The largest absolute Gasteiger partial charge is 0.463 e. The number of allylic oxidation sites excluding steroid dienone is 2. The lowest BCUT2D eigenvalue weighted by Crippen LogP contribution is -2.23. The number of rotatable bonds is 13. The number of aliphatic hydroxyl groups excluding tert-OH is 3. The Morgan fingerprint density at radius 2 is 1.81 bits per heavy atom. The van der Waals surface area contributed by atoms with E-state index < -0.39 is 18.3 Å². The minimum atomic E-state index is -0.513. The van der Waals surface area contributed by atoms with Gasteiger partial charge in [-0.15, -0.1) is 0 Å². The van der Waals surface area contributed by atoms with Crippen LogP contribution in [0.2, 0.25) is 0 Å². The Labute approximate surface area is 187 Å². The van der Waals surface area contributed by atoms with Crippen LogP contribution >= 0.6 is 0 Å². The highest BCUT2D eigenvalue weighted by Crippen LogP contribution is 2.38. The van der Waals surface area contributed by atoms with Crippen LogP contribution in [0.15, 0.2) is 42.5 Å². The first kappa shape index (κ1) is 25.6. The zero-order valence-electron chi connectivity index (χ0n) is 19.0. The number of esters is 1. The fourth-order valence-electron chi connectivity index (χ4n) is 4.47. The van der Waals surface area contributed by atoms with Crippen molar-refractivity contribution in [3.05, 3.63) is 48.0 Å². The van der Waals surface area contributed by atoms with E-state index in [0.29, 0.717) is 38.5 Å². The third-order valence-electron chi connectivity index (χ3n) is 6.16. The first-order valence-corrected chi connectivity index (χ1v) is 11.8. The molecule has 2 rings (SSSR count). The summed E-state index contributed by atoms with van der Waals surface area (Å²) in [6.07, 6.45) is 8.58. The van der Waals surface area contributed by atoms with Crippen molar-refractivity contribution in [1.82, 2.24) is 0 Å². The minimum absolute atomic E-state index is 0.00652. The average Bonchev–Trinajstić information content (AvgIpc) is 3.00. The van der Waals surface area contributed by atoms with E-state index in [4.69, 9.17) is 4.74 Å². The van der Waals surface area contributed by atoms with Gasteiger partial charge in [-0.3, -0.25) is 4.79 Å². The predicted molar refractivity (Wildman–Crippen MR) is 122 cm³/mol. The summed E-state index contributed by atoms with van der Waals surface area (Å²) in [4.78, 5) is 11.5. The van der Waals surface area contributed by atoms with Gasteiger partial charge in [0.05, 0.1) is 24.4 Å². The quantitative estimate of drug-likeness (QED) is 0.247. The second-order valence-corrected chi connectivity index (χ2v) is 9.09. The Balaban J connectivity index is 1.70. The van der Waals surface area contributed by atoms with Gasteiger partial charge in [-0.1, -0.05) is 42.5 Å². The number of unbranched alkanes of at least 4 members (excludes halogenated alkanes) is 1. The molecule has 31 heavy (non-hydrogen) atoms. The molecule has 1 fully saturated rings. The normalized spacial score (nSPS) is 24.7. The molecule has 3 N–H and O–H groups in total. The average molecular weight is 433 g/mol. The summed E-state index contributed by atoms with van der Waals surface area (Å²) in [5.74, 6) is -0.144. The standard InChI is InChI=1S/C26H40O5/c1-19(2)31-26(30)13-9-4-3-8-12-22-23(25(29)18-24(22)28)17-16-21(27)15-14-20-10-6-5-7-11-20/h3,5-8,10-11,19,21-25,27-29H,4,9,12-18H2,1-2H3/b8-3-/t21?,22-,23-,24+,25-/m1/s1. The van der Waals surface area contributed by atoms with Gasteiger partial charge in [0, 0.05) is 6.42 Å². The van der Waals surface area contributed by atoms with E-state index in [1.54, 1.807) is 0 Å². The van der Waals surface area contributed by atoms with Crippen LogP contribution in [-0.2, 0) is 16.0 Å². The van der Waals surface area contributed by atoms with Gasteiger partial charge in [-0.25, -0.2) is 0 Å². The molecule has 1 aliphatic carbocycles. The van der Waals surface area contributed by atoms with Crippen LogP contribution in [0.25, 0.3) is 0 Å². The summed E-state index contributed by atoms with van der Waals surface area (Å²) in [6, 6.07) is 10.1. The molecule has 0 amide bonds. The molecule has 1 aromatic rings. The molecule has 1 saturated carbocycles. The topological polar surface area (TPSA) is 87.0 Å². The zero-order chi connectivity index (χ0) is 22.6. The third kappa shape index (κ3) is 9.55. The molecule has 0 bridgehead atoms. The summed E-state index contributed by atoms with van der Waals surface area (Å²) in [6.45, 7) is 3.69. The van der Waals surface area contributed by atoms with Gasteiger partial charge in [-0.2, -0.15) is 0 Å². The van der Waals surface area contributed by atoms with Crippen molar-refractivity contribution in [3.63, 3.8) is 0 Å². The van der Waals surface area contributed by atoms with Crippen molar-refractivity contribution in [1.29, 1.82) is 0 Å². The Hall–Kier alpha value is -1.69. The van der Waals surface area contributed by atoms with Crippen molar-refractivity contribution in [2.24, 2.45) is 11.8 Å². The van der Waals surface area contributed by atoms with Crippen LogP contribution < -0.4 is 0 Å². The molecule has 0 radical (unpaired) electrons. The van der Waals surface area contributed by atoms with Gasteiger partial charge in [0.25, 0.3) is 0 Å². The first-order chi connectivity index (χ1) is 14.9. The molecule has 0 aliphatic heterocycles. The van der Waals surface area contributed by atoms with Crippen LogP contribution in [0.5, 0.6) is 0 Å². The summed E-state index contributed by atoms with van der Waals surface area (Å²) in [7, 11) is 0. The third-order valence-corrected chi connectivity index (χ3v) is 6.16. The second kappa shape index (κ2) is 13.7. The zero-order valence-corrected chi connectivity index (χ0v) is 19.0. The second-order valence-electron chi connectivity index (χ2n) is 9.09. The van der Waals surface area contributed by atoms with Crippen molar-refractivity contribution < 1.29 is 24.9 Å². The maximum Gasteiger partial charge on any atom is 0.306 e. The van der Waals surface area contributed by atoms with Gasteiger partial charge in [0.2, 0.25) is 0 Å². The van der Waals surface area contributed by atoms with Gasteiger partial charge >= 0.3 is 5.97 Å². The van der Waals surface area contributed by atoms with Gasteiger partial charge < -0.3 is 20.1 Å². The number of aliphatic hydroxyl groups is 3. The SMILES string of the molecule is CC(C)OC(=O)CCC/C=C\C[C@@H]1[C@@H](CCC(O)CCc2ccccc2)[C@H](O)C[C@@H]1O. The number of aryl methyl sites for hydroxylation is 1. The predicted octanol–water partition coefficient (Wildman–Crippen LogP) is 4.19. The molecular formula is C26H40O5. The molecule has 174 valence electrons. The molecule has 5 nitrogen and oxygen atoms in total. The van der Waals surface area contributed by atoms with Gasteiger partial charge in [0.15, 0.2) is 0 Å². The fraction of sp³-hybridized carbons (Fsp3) is 0.654. The Morgan fingerprint density at radius 3 is 2.52 bits per heavy atom. The van der Waals surface area contributed by atoms with E-state index in [9.17, 15) is 20.1 Å². The van der Waals surface area contributed by atoms with E-state index in [2.05, 4.69) is 18.2 Å². The maximum absolute atomic E-state index is 11.5.